The van der Waals surface area contributed by atoms with E-state index in [1.165, 1.54) is 0 Å². The topological polar surface area (TPSA) is 21.3 Å². The van der Waals surface area contributed by atoms with Gasteiger partial charge in [-0.25, -0.2) is 0 Å². The lowest BCUT2D eigenvalue weighted by atomic mass is 10.7. The first-order valence-corrected chi connectivity index (χ1v) is 2.03. The number of hydrogen-bond donors (Lipinski definition) is 1. The van der Waals surface area contributed by atoms with Gasteiger partial charge in [0.15, 0.2) is 0 Å². The van der Waals surface area contributed by atoms with Crippen molar-refractivity contribution in [2.45, 2.75) is 0 Å². The summed E-state index contributed by atoms with van der Waals surface area (Å²) in [5.74, 6) is 0. The molecule has 0 fully saturated rings. The zero-order chi connectivity index (χ0) is 4.41. The van der Waals surface area contributed by atoms with Crippen molar-refractivity contribution < 1.29 is 4.84 Å². The standard InChI is InChI=1S/C3H4ClNO/c4-3-1-2-5-6-3/h1,5H,2H2. The maximum atomic E-state index is 5.29. The fourth-order valence-electron chi connectivity index (χ4n) is 0.274. The third kappa shape index (κ3) is 0.640. The molecule has 0 atom stereocenters. The molecular weight excluding hydrogens is 101 g/mol. The molecule has 0 radical (unpaired) electrons. The highest BCUT2D eigenvalue weighted by atomic mass is 35.5. The lowest BCUT2D eigenvalue weighted by molar-refractivity contribution is 0.158. The van der Waals surface area contributed by atoms with Gasteiger partial charge < -0.3 is 4.84 Å². The second-order valence-corrected chi connectivity index (χ2v) is 1.33. The summed E-state index contributed by atoms with van der Waals surface area (Å²) in [5.41, 5.74) is 2.55. The molecule has 6 heavy (non-hydrogen) atoms. The van der Waals surface area contributed by atoms with Crippen LogP contribution in [-0.2, 0) is 4.84 Å². The molecule has 0 amide bonds. The second-order valence-electron chi connectivity index (χ2n) is 0.959. The second kappa shape index (κ2) is 1.49. The van der Waals surface area contributed by atoms with Crippen molar-refractivity contribution in [2.75, 3.05) is 6.54 Å². The molecule has 0 saturated carbocycles. The van der Waals surface area contributed by atoms with Crippen LogP contribution in [0.15, 0.2) is 11.3 Å². The monoisotopic (exact) mass is 105 g/mol. The summed E-state index contributed by atoms with van der Waals surface area (Å²) in [7, 11) is 0. The van der Waals surface area contributed by atoms with Gasteiger partial charge in [-0.3, -0.25) is 0 Å². The van der Waals surface area contributed by atoms with Crippen molar-refractivity contribution in [3.63, 3.8) is 0 Å². The van der Waals surface area contributed by atoms with Gasteiger partial charge in [-0.05, 0) is 17.7 Å². The van der Waals surface area contributed by atoms with Crippen LogP contribution in [0.25, 0.3) is 0 Å². The van der Waals surface area contributed by atoms with Crippen LogP contribution in [0.3, 0.4) is 0 Å². The van der Waals surface area contributed by atoms with Gasteiger partial charge in [0.25, 0.3) is 0 Å². The summed E-state index contributed by atoms with van der Waals surface area (Å²) in [6, 6.07) is 0. The van der Waals surface area contributed by atoms with E-state index in [0.717, 1.165) is 6.54 Å². The average Bonchev–Trinajstić information content (AvgIpc) is 1.86. The molecule has 0 bridgehead atoms. The van der Waals surface area contributed by atoms with Crippen LogP contribution in [0.1, 0.15) is 0 Å². The van der Waals surface area contributed by atoms with Crippen LogP contribution in [0.4, 0.5) is 0 Å². The van der Waals surface area contributed by atoms with E-state index in [2.05, 4.69) is 10.3 Å². The molecule has 1 aliphatic heterocycles. The van der Waals surface area contributed by atoms with Crippen molar-refractivity contribution in [3.05, 3.63) is 11.3 Å². The fourth-order valence-corrected chi connectivity index (χ4v) is 0.406. The predicted molar refractivity (Wildman–Crippen MR) is 23.0 cm³/mol. The highest BCUT2D eigenvalue weighted by molar-refractivity contribution is 6.28. The van der Waals surface area contributed by atoms with Crippen LogP contribution in [0.2, 0.25) is 0 Å². The van der Waals surface area contributed by atoms with Gasteiger partial charge in [0, 0.05) is 0 Å². The number of nitrogens with one attached hydrogen (secondary N) is 1. The molecule has 0 saturated heterocycles. The summed E-state index contributed by atoms with van der Waals surface area (Å²) >= 11 is 5.29. The minimum atomic E-state index is 0.440. The summed E-state index contributed by atoms with van der Waals surface area (Å²) < 4.78 is 0. The lowest BCUT2D eigenvalue weighted by Gasteiger charge is -1.87. The first-order valence-electron chi connectivity index (χ1n) is 1.65. The van der Waals surface area contributed by atoms with Gasteiger partial charge in [0.2, 0.25) is 5.22 Å². The largest absolute Gasteiger partial charge is 0.396 e. The summed E-state index contributed by atoms with van der Waals surface area (Å²) in [6.07, 6.45) is 1.75. The van der Waals surface area contributed by atoms with Crippen LogP contribution in [0.5, 0.6) is 0 Å². The Kier molecular flexibility index (Phi) is 0.986. The van der Waals surface area contributed by atoms with Gasteiger partial charge >= 0.3 is 0 Å². The smallest absolute Gasteiger partial charge is 0.210 e. The number of hydrogen-bond acceptors (Lipinski definition) is 2. The summed E-state index contributed by atoms with van der Waals surface area (Å²) in [5, 5.41) is 0.440. The van der Waals surface area contributed by atoms with E-state index in [-0.39, 0.29) is 0 Å². The van der Waals surface area contributed by atoms with E-state index >= 15 is 0 Å². The third-order valence-electron chi connectivity index (χ3n) is 0.516. The molecule has 1 rings (SSSR count). The Morgan fingerprint density at radius 2 is 2.83 bits per heavy atom. The van der Waals surface area contributed by atoms with E-state index in [0.29, 0.717) is 5.22 Å². The Hall–Kier alpha value is -0.210. The molecule has 0 spiro atoms. The van der Waals surface area contributed by atoms with Crippen molar-refractivity contribution in [2.24, 2.45) is 0 Å². The minimum Gasteiger partial charge on any atom is -0.396 e. The molecule has 2 nitrogen and oxygen atoms in total. The fraction of sp³-hybridized carbons (Fsp3) is 0.333. The van der Waals surface area contributed by atoms with Gasteiger partial charge in [0.05, 0.1) is 6.54 Å². The van der Waals surface area contributed by atoms with Gasteiger partial charge in [-0.1, -0.05) is 0 Å². The SMILES string of the molecule is ClC1=CCNO1. The number of hydroxylamine groups is 1. The zero-order valence-corrected chi connectivity index (χ0v) is 3.83. The Bertz CT molecular complexity index is 80.9. The maximum Gasteiger partial charge on any atom is 0.210 e. The predicted octanol–water partition coefficient (Wildman–Crippen LogP) is 0.601. The minimum absolute atomic E-state index is 0.440. The van der Waals surface area contributed by atoms with Crippen LogP contribution >= 0.6 is 11.6 Å². The number of halogens is 1. The normalized spacial score (nSPS) is 19.8. The molecule has 0 aromatic rings. The molecule has 34 valence electrons. The molecule has 0 aromatic heterocycles. The van der Waals surface area contributed by atoms with Crippen molar-refractivity contribution >= 4 is 11.6 Å². The zero-order valence-electron chi connectivity index (χ0n) is 3.07. The Morgan fingerprint density at radius 3 is 3.00 bits per heavy atom. The van der Waals surface area contributed by atoms with Crippen molar-refractivity contribution in [3.8, 4) is 0 Å². The quantitative estimate of drug-likeness (QED) is 0.487. The van der Waals surface area contributed by atoms with Crippen LogP contribution < -0.4 is 5.48 Å². The molecule has 0 aromatic carbocycles. The average molecular weight is 106 g/mol. The van der Waals surface area contributed by atoms with Gasteiger partial charge in [-0.15, -0.1) is 0 Å². The van der Waals surface area contributed by atoms with E-state index in [4.69, 9.17) is 11.6 Å². The highest BCUT2D eigenvalue weighted by Crippen LogP contribution is 2.03. The molecular formula is C3H4ClNO. The van der Waals surface area contributed by atoms with E-state index in [1.807, 2.05) is 0 Å². The Morgan fingerprint density at radius 1 is 2.00 bits per heavy atom. The first kappa shape index (κ1) is 3.96. The van der Waals surface area contributed by atoms with Gasteiger partial charge in [-0.2, -0.15) is 5.48 Å². The number of rotatable bonds is 0. The molecule has 1 heterocycles. The Balaban J connectivity index is 2.45. The molecule has 1 N–H and O–H groups in total. The molecule has 0 aliphatic carbocycles. The van der Waals surface area contributed by atoms with Gasteiger partial charge in [0.1, 0.15) is 0 Å². The van der Waals surface area contributed by atoms with Crippen molar-refractivity contribution in [1.82, 2.24) is 5.48 Å². The Labute approximate surface area is 40.7 Å². The van der Waals surface area contributed by atoms with E-state index < -0.39 is 0 Å². The highest BCUT2D eigenvalue weighted by Gasteiger charge is 1.96. The summed E-state index contributed by atoms with van der Waals surface area (Å²) in [4.78, 5) is 4.53. The molecule has 3 heteroatoms. The van der Waals surface area contributed by atoms with Crippen LogP contribution in [-0.4, -0.2) is 6.54 Å². The van der Waals surface area contributed by atoms with E-state index in [1.54, 1.807) is 6.08 Å². The third-order valence-corrected chi connectivity index (χ3v) is 0.747. The molecule has 0 unspecified atom stereocenters. The van der Waals surface area contributed by atoms with E-state index in [9.17, 15) is 0 Å². The first-order chi connectivity index (χ1) is 2.89. The van der Waals surface area contributed by atoms with Crippen LogP contribution in [0, 0.1) is 0 Å². The maximum absolute atomic E-state index is 5.29. The van der Waals surface area contributed by atoms with Crippen molar-refractivity contribution in [1.29, 1.82) is 0 Å². The summed E-state index contributed by atoms with van der Waals surface area (Å²) in [6.45, 7) is 0.721. The lowest BCUT2D eigenvalue weighted by Crippen LogP contribution is -2.03. The molecule has 1 aliphatic rings.